The van der Waals surface area contributed by atoms with Crippen molar-refractivity contribution in [2.24, 2.45) is 0 Å². The summed E-state index contributed by atoms with van der Waals surface area (Å²) in [5.41, 5.74) is 4.82. The van der Waals surface area contributed by atoms with Gasteiger partial charge in [-0.1, -0.05) is 12.1 Å². The van der Waals surface area contributed by atoms with Crippen molar-refractivity contribution in [3.05, 3.63) is 78.6 Å². The lowest BCUT2D eigenvalue weighted by Gasteiger charge is -2.13. The summed E-state index contributed by atoms with van der Waals surface area (Å²) < 4.78 is 11.9. The van der Waals surface area contributed by atoms with E-state index in [4.69, 9.17) is 9.15 Å². The van der Waals surface area contributed by atoms with Crippen LogP contribution in [-0.2, 0) is 0 Å². The van der Waals surface area contributed by atoms with Gasteiger partial charge in [-0.25, -0.2) is 15.0 Å². The predicted octanol–water partition coefficient (Wildman–Crippen LogP) is 5.57. The number of fused-ring (bicyclic) bond motifs is 1. The van der Waals surface area contributed by atoms with Gasteiger partial charge >= 0.3 is 0 Å². The molecule has 3 heterocycles. The van der Waals surface area contributed by atoms with Crippen LogP contribution in [0.25, 0.3) is 22.4 Å². The quantitative estimate of drug-likeness (QED) is 0.365. The van der Waals surface area contributed by atoms with E-state index >= 15 is 0 Å². The molecular formula is C24H20N6O2. The Morgan fingerprint density at radius 1 is 0.906 bits per heavy atom. The first-order chi connectivity index (χ1) is 15.7. The molecule has 0 saturated heterocycles. The van der Waals surface area contributed by atoms with Gasteiger partial charge in [-0.15, -0.1) is 0 Å². The van der Waals surface area contributed by atoms with Crippen molar-refractivity contribution in [3.63, 3.8) is 0 Å². The van der Waals surface area contributed by atoms with Gasteiger partial charge in [0.15, 0.2) is 5.58 Å². The minimum atomic E-state index is 0.440. The summed E-state index contributed by atoms with van der Waals surface area (Å²) >= 11 is 0. The number of pyridine rings is 1. The Morgan fingerprint density at radius 2 is 1.81 bits per heavy atom. The van der Waals surface area contributed by atoms with E-state index < -0.39 is 0 Å². The Kier molecular flexibility index (Phi) is 5.09. The lowest BCUT2D eigenvalue weighted by Crippen LogP contribution is -1.99. The van der Waals surface area contributed by atoms with E-state index in [2.05, 4.69) is 30.6 Å². The molecular weight excluding hydrogens is 404 g/mol. The first-order valence-corrected chi connectivity index (χ1v) is 10.1. The SMILES string of the molecule is CNc1nccc(-c2cccnc2Oc2ccc(Nc3nc4ccccc4o3)cc2C)n1. The normalized spacial score (nSPS) is 10.8. The van der Waals surface area contributed by atoms with Crippen molar-refractivity contribution >= 4 is 28.8 Å². The zero-order valence-electron chi connectivity index (χ0n) is 17.5. The number of benzene rings is 2. The summed E-state index contributed by atoms with van der Waals surface area (Å²) in [7, 11) is 1.78. The number of oxazole rings is 1. The van der Waals surface area contributed by atoms with Crippen LogP contribution in [0.3, 0.4) is 0 Å². The molecule has 0 aliphatic rings. The Hall–Kier alpha value is -4.46. The summed E-state index contributed by atoms with van der Waals surface area (Å²) in [6.45, 7) is 1.97. The maximum atomic E-state index is 6.16. The van der Waals surface area contributed by atoms with E-state index in [9.17, 15) is 0 Å². The first kappa shape index (κ1) is 19.5. The Morgan fingerprint density at radius 3 is 2.66 bits per heavy atom. The molecule has 158 valence electrons. The number of ether oxygens (including phenoxy) is 1. The molecule has 0 saturated carbocycles. The highest BCUT2D eigenvalue weighted by molar-refractivity contribution is 5.75. The number of anilines is 3. The molecule has 0 bridgehead atoms. The van der Waals surface area contributed by atoms with Crippen LogP contribution >= 0.6 is 0 Å². The van der Waals surface area contributed by atoms with Crippen LogP contribution in [-0.4, -0.2) is 27.0 Å². The van der Waals surface area contributed by atoms with Gasteiger partial charge in [0.2, 0.25) is 11.8 Å². The summed E-state index contributed by atoms with van der Waals surface area (Å²) in [5.74, 6) is 1.69. The highest BCUT2D eigenvalue weighted by Crippen LogP contribution is 2.33. The average molecular weight is 424 g/mol. The molecule has 2 N–H and O–H groups in total. The number of nitrogens with zero attached hydrogens (tertiary/aromatic N) is 4. The summed E-state index contributed by atoms with van der Waals surface area (Å²) in [6.07, 6.45) is 3.39. The van der Waals surface area contributed by atoms with Gasteiger partial charge in [-0.3, -0.25) is 0 Å². The molecule has 5 rings (SSSR count). The summed E-state index contributed by atoms with van der Waals surface area (Å²) in [5, 5.41) is 6.15. The second-order valence-electron chi connectivity index (χ2n) is 7.07. The van der Waals surface area contributed by atoms with Crippen LogP contribution in [0.2, 0.25) is 0 Å². The molecule has 0 atom stereocenters. The molecule has 0 amide bonds. The van der Waals surface area contributed by atoms with Gasteiger partial charge < -0.3 is 19.8 Å². The van der Waals surface area contributed by atoms with Gasteiger partial charge in [0, 0.05) is 25.1 Å². The molecule has 5 aromatic rings. The lowest BCUT2D eigenvalue weighted by atomic mass is 10.2. The molecule has 3 aromatic heterocycles. The van der Waals surface area contributed by atoms with Crippen molar-refractivity contribution in [1.29, 1.82) is 0 Å². The fraction of sp³-hybridized carbons (Fsp3) is 0.0833. The molecule has 0 aliphatic heterocycles. The van der Waals surface area contributed by atoms with Crippen molar-refractivity contribution in [1.82, 2.24) is 19.9 Å². The third-order valence-corrected chi connectivity index (χ3v) is 4.85. The molecule has 0 radical (unpaired) electrons. The second-order valence-corrected chi connectivity index (χ2v) is 7.07. The number of nitrogens with one attached hydrogen (secondary N) is 2. The molecule has 0 spiro atoms. The van der Waals surface area contributed by atoms with E-state index in [0.717, 1.165) is 33.6 Å². The highest BCUT2D eigenvalue weighted by Gasteiger charge is 2.13. The zero-order chi connectivity index (χ0) is 21.9. The summed E-state index contributed by atoms with van der Waals surface area (Å²) in [6, 6.07) is 19.4. The van der Waals surface area contributed by atoms with E-state index in [1.807, 2.05) is 67.6 Å². The van der Waals surface area contributed by atoms with Gasteiger partial charge in [-0.05, 0) is 61.0 Å². The van der Waals surface area contributed by atoms with E-state index in [0.29, 0.717) is 23.6 Å². The molecule has 32 heavy (non-hydrogen) atoms. The highest BCUT2D eigenvalue weighted by atomic mass is 16.5. The minimum Gasteiger partial charge on any atom is -0.438 e. The predicted molar refractivity (Wildman–Crippen MR) is 123 cm³/mol. The molecule has 2 aromatic carbocycles. The lowest BCUT2D eigenvalue weighted by molar-refractivity contribution is 0.461. The second kappa shape index (κ2) is 8.35. The largest absolute Gasteiger partial charge is 0.438 e. The van der Waals surface area contributed by atoms with Gasteiger partial charge in [0.05, 0.1) is 11.3 Å². The third-order valence-electron chi connectivity index (χ3n) is 4.85. The maximum Gasteiger partial charge on any atom is 0.300 e. The monoisotopic (exact) mass is 424 g/mol. The van der Waals surface area contributed by atoms with Crippen LogP contribution in [0.5, 0.6) is 11.6 Å². The van der Waals surface area contributed by atoms with Crippen LogP contribution < -0.4 is 15.4 Å². The average Bonchev–Trinajstić information content (AvgIpc) is 3.23. The van der Waals surface area contributed by atoms with Crippen LogP contribution in [0.4, 0.5) is 17.7 Å². The topological polar surface area (TPSA) is 98.0 Å². The van der Waals surface area contributed by atoms with Gasteiger partial charge in [0.1, 0.15) is 11.3 Å². The molecule has 0 unspecified atom stereocenters. The van der Waals surface area contributed by atoms with Gasteiger partial charge in [-0.2, -0.15) is 4.98 Å². The number of aryl methyl sites for hydroxylation is 1. The van der Waals surface area contributed by atoms with Crippen LogP contribution in [0.1, 0.15) is 5.56 Å². The third kappa shape index (κ3) is 3.93. The minimum absolute atomic E-state index is 0.440. The van der Waals surface area contributed by atoms with Crippen molar-refractivity contribution in [2.45, 2.75) is 6.92 Å². The molecule has 0 aliphatic carbocycles. The standard InChI is InChI=1S/C24H20N6O2/c1-15-14-16(28-24-30-19-7-3-4-8-21(19)32-24)9-10-20(15)31-22-17(6-5-12-26-22)18-11-13-27-23(25-2)29-18/h3-14H,1-2H3,(H,28,30)(H,25,27,29). The zero-order valence-corrected chi connectivity index (χ0v) is 17.5. The van der Waals surface area contributed by atoms with Crippen LogP contribution in [0.15, 0.2) is 77.5 Å². The maximum absolute atomic E-state index is 6.16. The number of rotatable bonds is 6. The Labute approximate surface area is 184 Å². The van der Waals surface area contributed by atoms with Crippen molar-refractivity contribution in [3.8, 4) is 22.9 Å². The number of para-hydroxylation sites is 2. The number of hydrogen-bond donors (Lipinski definition) is 2. The Balaban J connectivity index is 1.39. The van der Waals surface area contributed by atoms with Crippen LogP contribution in [0, 0.1) is 6.92 Å². The first-order valence-electron chi connectivity index (χ1n) is 10.1. The van der Waals surface area contributed by atoms with Gasteiger partial charge in [0.25, 0.3) is 6.01 Å². The molecule has 0 fully saturated rings. The fourth-order valence-electron chi connectivity index (χ4n) is 3.29. The molecule has 8 heteroatoms. The molecule has 8 nitrogen and oxygen atoms in total. The Bertz CT molecular complexity index is 1370. The fourth-order valence-corrected chi connectivity index (χ4v) is 3.29. The smallest absolute Gasteiger partial charge is 0.300 e. The van der Waals surface area contributed by atoms with E-state index in [-0.39, 0.29) is 0 Å². The van der Waals surface area contributed by atoms with Crippen molar-refractivity contribution in [2.75, 3.05) is 17.7 Å². The number of hydrogen-bond acceptors (Lipinski definition) is 8. The number of aromatic nitrogens is 4. The van der Waals surface area contributed by atoms with Crippen molar-refractivity contribution < 1.29 is 9.15 Å². The summed E-state index contributed by atoms with van der Waals surface area (Å²) in [4.78, 5) is 17.5. The van der Waals surface area contributed by atoms with E-state index in [1.165, 1.54) is 0 Å². The van der Waals surface area contributed by atoms with E-state index in [1.54, 1.807) is 19.4 Å².